The predicted molar refractivity (Wildman–Crippen MR) is 43.3 cm³/mol. The highest BCUT2D eigenvalue weighted by Gasteiger charge is 1.87. The summed E-state index contributed by atoms with van der Waals surface area (Å²) in [4.78, 5) is 0. The van der Waals surface area contributed by atoms with Gasteiger partial charge in [0.25, 0.3) is 0 Å². The SMILES string of the molecule is [Si][Si][Si]c1ccccc1. The van der Waals surface area contributed by atoms with Gasteiger partial charge in [0.2, 0.25) is 0 Å². The molecule has 0 heterocycles. The van der Waals surface area contributed by atoms with Crippen molar-refractivity contribution in [1.82, 2.24) is 0 Å². The number of hydrogen-bond donors (Lipinski definition) is 0. The fourth-order valence-corrected chi connectivity index (χ4v) is 3.33. The lowest BCUT2D eigenvalue weighted by atomic mass is 10.4. The van der Waals surface area contributed by atoms with Crippen LogP contribution in [0, 0.1) is 0 Å². The molecule has 0 fully saturated rings. The topological polar surface area (TPSA) is 0 Å². The Balaban J connectivity index is 2.61. The number of rotatable bonds is 2. The van der Waals surface area contributed by atoms with Gasteiger partial charge in [0.05, 0.1) is 9.04 Å². The lowest BCUT2D eigenvalue weighted by Crippen LogP contribution is -2.19. The van der Waals surface area contributed by atoms with Crippen LogP contribution in [0.2, 0.25) is 0 Å². The summed E-state index contributed by atoms with van der Waals surface area (Å²) >= 11 is 0. The average Bonchev–Trinajstić information content (AvgIpc) is 1.91. The van der Waals surface area contributed by atoms with Gasteiger partial charge < -0.3 is 0 Å². The minimum absolute atomic E-state index is 0.869. The van der Waals surface area contributed by atoms with Crippen molar-refractivity contribution in [3.63, 3.8) is 0 Å². The molecular formula is C6H5Si3. The highest BCUT2D eigenvalue weighted by molar-refractivity contribution is 7.27. The lowest BCUT2D eigenvalue weighted by molar-refractivity contribution is 1.77. The molecule has 1 aromatic rings. The maximum atomic E-state index is 3.47. The highest BCUT2D eigenvalue weighted by Crippen LogP contribution is 1.79. The molecule has 0 aliphatic carbocycles. The summed E-state index contributed by atoms with van der Waals surface area (Å²) < 4.78 is 0. The van der Waals surface area contributed by atoms with Crippen LogP contribution in [0.25, 0.3) is 0 Å². The first kappa shape index (κ1) is 6.98. The molecule has 0 saturated carbocycles. The summed E-state index contributed by atoms with van der Waals surface area (Å²) in [6.45, 7) is 0. The first-order valence-electron chi connectivity index (χ1n) is 2.66. The second-order valence-electron chi connectivity index (χ2n) is 1.62. The van der Waals surface area contributed by atoms with Crippen LogP contribution in [-0.4, -0.2) is 27.4 Å². The maximum Gasteiger partial charge on any atom is 0.0604 e. The van der Waals surface area contributed by atoms with E-state index in [2.05, 4.69) is 34.0 Å². The zero-order valence-electron chi connectivity index (χ0n) is 4.89. The Kier molecular flexibility index (Phi) is 2.96. The molecule has 0 amide bonds. The van der Waals surface area contributed by atoms with Gasteiger partial charge in [-0.3, -0.25) is 0 Å². The van der Waals surface area contributed by atoms with Crippen LogP contribution in [0.15, 0.2) is 30.3 Å². The molecule has 1 rings (SSSR count). The molecule has 0 bridgehead atoms. The van der Waals surface area contributed by atoms with Crippen molar-refractivity contribution in [3.05, 3.63) is 30.3 Å². The molecule has 7 radical (unpaired) electrons. The summed E-state index contributed by atoms with van der Waals surface area (Å²) in [6.07, 6.45) is 0. The van der Waals surface area contributed by atoms with Gasteiger partial charge in [0.15, 0.2) is 0 Å². The second-order valence-corrected chi connectivity index (χ2v) is 6.44. The molecule has 0 aliphatic rings. The van der Waals surface area contributed by atoms with Gasteiger partial charge in [-0.25, -0.2) is 0 Å². The van der Waals surface area contributed by atoms with Crippen LogP contribution in [0.3, 0.4) is 0 Å². The normalized spacial score (nSPS) is 9.44. The third-order valence-corrected chi connectivity index (χ3v) is 4.09. The van der Waals surface area contributed by atoms with E-state index in [-0.39, 0.29) is 0 Å². The van der Waals surface area contributed by atoms with E-state index >= 15 is 0 Å². The van der Waals surface area contributed by atoms with Crippen molar-refractivity contribution >= 4 is 32.5 Å². The first-order chi connectivity index (χ1) is 4.43. The summed E-state index contributed by atoms with van der Waals surface area (Å²) in [5.74, 6) is 0. The monoisotopic (exact) mass is 161 g/mol. The van der Waals surface area contributed by atoms with E-state index < -0.39 is 0 Å². The third kappa shape index (κ3) is 2.30. The Morgan fingerprint density at radius 3 is 2.33 bits per heavy atom. The molecule has 3 heteroatoms. The van der Waals surface area contributed by atoms with Gasteiger partial charge in [-0.05, 0) is 0 Å². The lowest BCUT2D eigenvalue weighted by Gasteiger charge is -1.91. The van der Waals surface area contributed by atoms with Crippen LogP contribution in [0.1, 0.15) is 0 Å². The molecule has 0 spiro atoms. The molecule has 41 valence electrons. The Hall–Kier alpha value is -0.129. The van der Waals surface area contributed by atoms with Crippen molar-refractivity contribution < 1.29 is 0 Å². The van der Waals surface area contributed by atoms with Crippen LogP contribution in [0.4, 0.5) is 0 Å². The molecule has 0 aliphatic heterocycles. The van der Waals surface area contributed by atoms with Gasteiger partial charge in [0, 0.05) is 18.3 Å². The van der Waals surface area contributed by atoms with E-state index in [9.17, 15) is 0 Å². The third-order valence-electron chi connectivity index (χ3n) is 0.981. The quantitative estimate of drug-likeness (QED) is 0.523. The largest absolute Gasteiger partial charge is 0.0681 e. The standard InChI is InChI=1S/C6H5Si3/c7-9-8-6-4-2-1-3-5-6/h1-5H. The average molecular weight is 161 g/mol. The van der Waals surface area contributed by atoms with E-state index in [0.29, 0.717) is 0 Å². The Bertz CT molecular complexity index is 161. The molecule has 0 unspecified atom stereocenters. The Morgan fingerprint density at radius 1 is 1.11 bits per heavy atom. The second kappa shape index (κ2) is 3.81. The molecule has 0 atom stereocenters. The highest BCUT2D eigenvalue weighted by atomic mass is 29.5. The van der Waals surface area contributed by atoms with Gasteiger partial charge in [0.1, 0.15) is 0 Å². The molecular weight excluding hydrogens is 156 g/mol. The van der Waals surface area contributed by atoms with E-state index in [1.165, 1.54) is 5.19 Å². The summed E-state index contributed by atoms with van der Waals surface area (Å²) in [6, 6.07) is 10.5. The van der Waals surface area contributed by atoms with Crippen molar-refractivity contribution in [2.75, 3.05) is 0 Å². The number of benzene rings is 1. The zero-order chi connectivity index (χ0) is 6.53. The van der Waals surface area contributed by atoms with E-state index in [0.717, 1.165) is 17.6 Å². The fraction of sp³-hybridized carbons (Fsp3) is 0. The molecule has 1 aromatic carbocycles. The Labute approximate surface area is 63.3 Å². The number of hydrogen-bond acceptors (Lipinski definition) is 0. The fourth-order valence-electron chi connectivity index (χ4n) is 0.594. The van der Waals surface area contributed by atoms with Gasteiger partial charge in [-0.2, -0.15) is 0 Å². The van der Waals surface area contributed by atoms with Crippen LogP contribution in [-0.2, 0) is 0 Å². The van der Waals surface area contributed by atoms with Gasteiger partial charge in [-0.15, -0.1) is 0 Å². The molecule has 9 heavy (non-hydrogen) atoms. The van der Waals surface area contributed by atoms with Crippen LogP contribution in [0.5, 0.6) is 0 Å². The van der Waals surface area contributed by atoms with Crippen molar-refractivity contribution in [2.24, 2.45) is 0 Å². The van der Waals surface area contributed by atoms with Gasteiger partial charge in [-0.1, -0.05) is 35.5 Å². The summed E-state index contributed by atoms with van der Waals surface area (Å²) in [5.41, 5.74) is 0. The Morgan fingerprint density at radius 2 is 1.78 bits per heavy atom. The van der Waals surface area contributed by atoms with Crippen LogP contribution >= 0.6 is 0 Å². The molecule has 0 N–H and O–H groups in total. The van der Waals surface area contributed by atoms with Crippen molar-refractivity contribution in [1.29, 1.82) is 0 Å². The summed E-state index contributed by atoms with van der Waals surface area (Å²) in [5, 5.41) is 1.44. The minimum atomic E-state index is 0.869. The molecule has 0 saturated heterocycles. The minimum Gasteiger partial charge on any atom is -0.0681 e. The smallest absolute Gasteiger partial charge is 0.0604 e. The van der Waals surface area contributed by atoms with E-state index in [1.54, 1.807) is 0 Å². The van der Waals surface area contributed by atoms with E-state index in [4.69, 9.17) is 0 Å². The summed E-state index contributed by atoms with van der Waals surface area (Å²) in [7, 11) is 5.27. The molecule has 0 nitrogen and oxygen atoms in total. The van der Waals surface area contributed by atoms with Crippen molar-refractivity contribution in [2.45, 2.75) is 0 Å². The zero-order valence-corrected chi connectivity index (χ0v) is 7.89. The molecule has 0 aromatic heterocycles. The van der Waals surface area contributed by atoms with Crippen LogP contribution < -0.4 is 5.19 Å². The predicted octanol–water partition coefficient (Wildman–Crippen LogP) is -0.281. The van der Waals surface area contributed by atoms with Crippen molar-refractivity contribution in [3.8, 4) is 0 Å². The van der Waals surface area contributed by atoms with Gasteiger partial charge >= 0.3 is 0 Å². The van der Waals surface area contributed by atoms with E-state index in [1.807, 2.05) is 6.07 Å². The first-order valence-corrected chi connectivity index (χ1v) is 7.16. The maximum absolute atomic E-state index is 3.47.